The first-order chi connectivity index (χ1) is 15.8. The number of anilines is 1. The van der Waals surface area contributed by atoms with Crippen molar-refractivity contribution in [2.75, 3.05) is 10.7 Å². The Morgan fingerprint density at radius 2 is 1.73 bits per heavy atom. The fourth-order valence-corrected chi connectivity index (χ4v) is 6.24. The van der Waals surface area contributed by atoms with Crippen molar-refractivity contribution in [1.29, 1.82) is 0 Å². The highest BCUT2D eigenvalue weighted by molar-refractivity contribution is 9.10. The van der Waals surface area contributed by atoms with Crippen LogP contribution in [0.2, 0.25) is 0 Å². The summed E-state index contributed by atoms with van der Waals surface area (Å²) in [5.41, 5.74) is 4.81. The van der Waals surface area contributed by atoms with Crippen molar-refractivity contribution in [3.8, 4) is 0 Å². The van der Waals surface area contributed by atoms with E-state index in [0.29, 0.717) is 5.75 Å². The van der Waals surface area contributed by atoms with Crippen molar-refractivity contribution in [1.82, 2.24) is 9.97 Å². The van der Waals surface area contributed by atoms with Crippen molar-refractivity contribution in [2.45, 2.75) is 43.3 Å². The molecule has 0 saturated carbocycles. The molecule has 6 heteroatoms. The number of hydrogen-bond donors (Lipinski definition) is 1. The van der Waals surface area contributed by atoms with Gasteiger partial charge < -0.3 is 9.88 Å². The molecule has 3 aromatic carbocycles. The lowest BCUT2D eigenvalue weighted by atomic mass is 9.65. The molecule has 0 spiro atoms. The molecular weight excluding hydrogens is 494 g/mol. The molecule has 0 aliphatic carbocycles. The SMILES string of the molecule is CC1(c2ccc(Br)cc2)CC(C)(C)N(C(=O)CSc2nc3ccccc3[nH]2)c2ccccc21. The highest BCUT2D eigenvalue weighted by Crippen LogP contribution is 2.50. The number of H-pyrrole nitrogens is 1. The number of nitrogens with zero attached hydrogens (tertiary/aromatic N) is 2. The second-order valence-corrected chi connectivity index (χ2v) is 11.3. The molecular formula is C27H26BrN3OS. The Morgan fingerprint density at radius 3 is 2.48 bits per heavy atom. The van der Waals surface area contributed by atoms with Crippen LogP contribution in [0, 0.1) is 0 Å². The number of carbonyl (C=O) groups is 1. The number of thioether (sulfide) groups is 1. The van der Waals surface area contributed by atoms with Crippen molar-refractivity contribution in [2.24, 2.45) is 0 Å². The number of carbonyl (C=O) groups excluding carboxylic acids is 1. The summed E-state index contributed by atoms with van der Waals surface area (Å²) in [4.78, 5) is 23.5. The monoisotopic (exact) mass is 519 g/mol. The molecule has 1 amide bonds. The number of halogens is 1. The lowest BCUT2D eigenvalue weighted by Crippen LogP contribution is -2.56. The molecule has 1 aromatic heterocycles. The third kappa shape index (κ3) is 4.00. The minimum Gasteiger partial charge on any atom is -0.333 e. The molecule has 0 fully saturated rings. The number of fused-ring (bicyclic) bond motifs is 2. The van der Waals surface area contributed by atoms with Crippen LogP contribution in [0.4, 0.5) is 5.69 Å². The molecule has 33 heavy (non-hydrogen) atoms. The second-order valence-electron chi connectivity index (χ2n) is 9.42. The standard InChI is InChI=1S/C27H26BrN3OS/c1-26(2)17-27(3,18-12-14-19(28)15-13-18)20-8-4-7-11-23(20)31(26)24(32)16-33-25-29-21-9-5-6-10-22(21)30-25/h4-15H,16-17H2,1-3H3,(H,29,30). The molecule has 0 saturated heterocycles. The lowest BCUT2D eigenvalue weighted by molar-refractivity contribution is -0.117. The number of benzene rings is 3. The molecule has 2 heterocycles. The number of rotatable bonds is 4. The van der Waals surface area contributed by atoms with Crippen molar-refractivity contribution in [3.63, 3.8) is 0 Å². The summed E-state index contributed by atoms with van der Waals surface area (Å²) in [5.74, 6) is 0.419. The number of nitrogens with one attached hydrogen (secondary N) is 1. The zero-order valence-corrected chi connectivity index (χ0v) is 21.3. The van der Waals surface area contributed by atoms with Gasteiger partial charge in [-0.25, -0.2) is 4.98 Å². The summed E-state index contributed by atoms with van der Waals surface area (Å²) in [6.45, 7) is 6.63. The molecule has 1 aliphatic heterocycles. The van der Waals surface area contributed by atoms with Gasteiger partial charge in [0, 0.05) is 21.1 Å². The average molecular weight is 520 g/mol. The van der Waals surface area contributed by atoms with E-state index in [9.17, 15) is 4.79 Å². The van der Waals surface area contributed by atoms with Crippen LogP contribution < -0.4 is 4.90 Å². The second kappa shape index (κ2) is 8.33. The predicted octanol–water partition coefficient (Wildman–Crippen LogP) is 6.94. The normalized spacial score (nSPS) is 19.5. The average Bonchev–Trinajstić information content (AvgIpc) is 3.20. The van der Waals surface area contributed by atoms with E-state index in [1.807, 2.05) is 35.2 Å². The van der Waals surface area contributed by atoms with E-state index < -0.39 is 0 Å². The fraction of sp³-hybridized carbons (Fsp3) is 0.259. The minimum atomic E-state index is -0.346. The van der Waals surface area contributed by atoms with Gasteiger partial charge in [-0.3, -0.25) is 4.79 Å². The van der Waals surface area contributed by atoms with E-state index >= 15 is 0 Å². The number of amides is 1. The maximum Gasteiger partial charge on any atom is 0.237 e. The molecule has 4 nitrogen and oxygen atoms in total. The first kappa shape index (κ1) is 22.2. The van der Waals surface area contributed by atoms with Gasteiger partial charge >= 0.3 is 0 Å². The first-order valence-electron chi connectivity index (χ1n) is 11.0. The lowest BCUT2D eigenvalue weighted by Gasteiger charge is -2.51. The van der Waals surface area contributed by atoms with Crippen molar-refractivity contribution < 1.29 is 4.79 Å². The smallest absolute Gasteiger partial charge is 0.237 e. The molecule has 1 N–H and O–H groups in total. The number of aromatic nitrogens is 2. The number of imidazole rings is 1. The van der Waals surface area contributed by atoms with E-state index in [2.05, 4.69) is 89.1 Å². The largest absolute Gasteiger partial charge is 0.333 e. The molecule has 1 atom stereocenters. The molecule has 0 radical (unpaired) electrons. The van der Waals surface area contributed by atoms with E-state index in [4.69, 9.17) is 0 Å². The van der Waals surface area contributed by atoms with Crippen molar-refractivity contribution >= 4 is 50.3 Å². The van der Waals surface area contributed by atoms with Gasteiger partial charge in [0.1, 0.15) is 0 Å². The van der Waals surface area contributed by atoms with Crippen LogP contribution in [-0.4, -0.2) is 27.2 Å². The van der Waals surface area contributed by atoms with Gasteiger partial charge in [-0.2, -0.15) is 0 Å². The van der Waals surface area contributed by atoms with E-state index in [0.717, 1.165) is 32.8 Å². The number of hydrogen-bond acceptors (Lipinski definition) is 3. The van der Waals surface area contributed by atoms with Crippen LogP contribution in [0.5, 0.6) is 0 Å². The summed E-state index contributed by atoms with van der Waals surface area (Å²) >= 11 is 5.01. The van der Waals surface area contributed by atoms with E-state index in [1.165, 1.54) is 22.9 Å². The van der Waals surface area contributed by atoms with Gasteiger partial charge in [0.25, 0.3) is 0 Å². The van der Waals surface area contributed by atoms with Gasteiger partial charge in [-0.1, -0.05) is 77.1 Å². The van der Waals surface area contributed by atoms with E-state index in [-0.39, 0.29) is 16.9 Å². The Bertz CT molecular complexity index is 1300. The maximum absolute atomic E-state index is 13.6. The van der Waals surface area contributed by atoms with Crippen LogP contribution in [0.1, 0.15) is 38.3 Å². The fourth-order valence-electron chi connectivity index (χ4n) is 5.24. The van der Waals surface area contributed by atoms with Crippen LogP contribution in [-0.2, 0) is 10.2 Å². The Balaban J connectivity index is 1.47. The zero-order chi connectivity index (χ0) is 23.2. The highest BCUT2D eigenvalue weighted by atomic mass is 79.9. The van der Waals surface area contributed by atoms with Crippen LogP contribution in [0.15, 0.2) is 82.4 Å². The summed E-state index contributed by atoms with van der Waals surface area (Å²) in [6, 6.07) is 24.8. The van der Waals surface area contributed by atoms with Crippen LogP contribution >= 0.6 is 27.7 Å². The first-order valence-corrected chi connectivity index (χ1v) is 12.8. The topological polar surface area (TPSA) is 49.0 Å². The summed E-state index contributed by atoms with van der Waals surface area (Å²) in [7, 11) is 0. The van der Waals surface area contributed by atoms with Gasteiger partial charge in [-0.15, -0.1) is 0 Å². The molecule has 0 bridgehead atoms. The summed E-state index contributed by atoms with van der Waals surface area (Å²) in [5, 5.41) is 0.771. The minimum absolute atomic E-state index is 0.0933. The Hall–Kier alpha value is -2.57. The van der Waals surface area contributed by atoms with Gasteiger partial charge in [0.15, 0.2) is 5.16 Å². The molecule has 1 unspecified atom stereocenters. The predicted molar refractivity (Wildman–Crippen MR) is 140 cm³/mol. The maximum atomic E-state index is 13.6. The Kier molecular flexibility index (Phi) is 5.61. The molecule has 168 valence electrons. The number of aromatic amines is 1. The number of para-hydroxylation sites is 3. The van der Waals surface area contributed by atoms with E-state index in [1.54, 1.807) is 0 Å². The van der Waals surface area contributed by atoms with Crippen molar-refractivity contribution in [3.05, 3.63) is 88.4 Å². The summed E-state index contributed by atoms with van der Waals surface area (Å²) in [6.07, 6.45) is 0.833. The highest BCUT2D eigenvalue weighted by Gasteiger charge is 2.47. The third-order valence-electron chi connectivity index (χ3n) is 6.56. The zero-order valence-electron chi connectivity index (χ0n) is 18.9. The quantitative estimate of drug-likeness (QED) is 0.297. The van der Waals surface area contributed by atoms with Gasteiger partial charge in [-0.05, 0) is 61.7 Å². The summed E-state index contributed by atoms with van der Waals surface area (Å²) < 4.78 is 1.07. The third-order valence-corrected chi connectivity index (χ3v) is 7.95. The molecule has 4 aromatic rings. The Morgan fingerprint density at radius 1 is 1.03 bits per heavy atom. The van der Waals surface area contributed by atoms with Crippen LogP contribution in [0.3, 0.4) is 0 Å². The van der Waals surface area contributed by atoms with Gasteiger partial charge in [0.2, 0.25) is 5.91 Å². The van der Waals surface area contributed by atoms with Crippen LogP contribution in [0.25, 0.3) is 11.0 Å². The van der Waals surface area contributed by atoms with Gasteiger partial charge in [0.05, 0.1) is 16.8 Å². The Labute approximate surface area is 206 Å². The molecule has 1 aliphatic rings. The molecule has 5 rings (SSSR count).